The van der Waals surface area contributed by atoms with Crippen LogP contribution in [0.5, 0.6) is 0 Å². The van der Waals surface area contributed by atoms with Crippen molar-refractivity contribution < 1.29 is 18.8 Å². The Bertz CT molecular complexity index is 1020. The predicted molar refractivity (Wildman–Crippen MR) is 134 cm³/mol. The van der Waals surface area contributed by atoms with E-state index in [-0.39, 0.29) is 17.9 Å². The summed E-state index contributed by atoms with van der Waals surface area (Å²) in [6, 6.07) is 7.78. The summed E-state index contributed by atoms with van der Waals surface area (Å²) in [5.74, 6) is 0.859. The van der Waals surface area contributed by atoms with E-state index in [1.807, 2.05) is 19.9 Å². The molecule has 1 N–H and O–H groups in total. The van der Waals surface area contributed by atoms with E-state index in [9.17, 15) is 0 Å². The van der Waals surface area contributed by atoms with Gasteiger partial charge in [0.15, 0.2) is 5.90 Å². The van der Waals surface area contributed by atoms with E-state index in [2.05, 4.69) is 55.9 Å². The summed E-state index contributed by atoms with van der Waals surface area (Å²) in [5.41, 5.74) is 2.19. The summed E-state index contributed by atoms with van der Waals surface area (Å²) in [5, 5.41) is 9.06. The molecule has 1 aliphatic heterocycles. The number of nitrogens with zero attached hydrogens (tertiary/aromatic N) is 2. The summed E-state index contributed by atoms with van der Waals surface area (Å²) in [6.45, 7) is 12.3. The van der Waals surface area contributed by atoms with Crippen molar-refractivity contribution in [1.82, 2.24) is 4.98 Å². The predicted octanol–water partition coefficient (Wildman–Crippen LogP) is 4.16. The highest BCUT2D eigenvalue weighted by Crippen LogP contribution is 2.37. The van der Waals surface area contributed by atoms with Gasteiger partial charge < -0.3 is 18.8 Å². The van der Waals surface area contributed by atoms with Crippen LogP contribution >= 0.6 is 0 Å². The summed E-state index contributed by atoms with van der Waals surface area (Å²) < 4.78 is 23.2. The highest BCUT2D eigenvalue weighted by molar-refractivity contribution is 6.65. The lowest BCUT2D eigenvalue weighted by molar-refractivity contribution is 0.00578. The molecule has 2 aromatic rings. The first kappa shape index (κ1) is 25.2. The molecule has 1 saturated heterocycles. The van der Waals surface area contributed by atoms with Crippen LogP contribution in [0.4, 0.5) is 0 Å². The van der Waals surface area contributed by atoms with Crippen molar-refractivity contribution >= 4 is 35.3 Å². The van der Waals surface area contributed by atoms with Crippen LogP contribution in [0.1, 0.15) is 53.5 Å². The van der Waals surface area contributed by atoms with E-state index in [0.717, 1.165) is 21.9 Å². The highest BCUT2D eigenvalue weighted by Gasteiger charge is 2.52. The number of nitrogens with one attached hydrogen (secondary N) is 1. The first-order chi connectivity index (χ1) is 15.5. The first-order valence-corrected chi connectivity index (χ1v) is 11.5. The lowest BCUT2D eigenvalue weighted by atomic mass is 9.76. The van der Waals surface area contributed by atoms with E-state index in [1.54, 1.807) is 13.3 Å². The van der Waals surface area contributed by atoms with Gasteiger partial charge in [0.05, 0.1) is 30.9 Å². The fourth-order valence-electron chi connectivity index (χ4n) is 3.88. The molecule has 0 radical (unpaired) electrons. The molecule has 8 heteroatoms. The van der Waals surface area contributed by atoms with Crippen LogP contribution in [-0.4, -0.2) is 55.4 Å². The normalized spacial score (nSPS) is 18.6. The van der Waals surface area contributed by atoms with E-state index in [0.29, 0.717) is 18.7 Å². The molecule has 0 unspecified atom stereocenters. The van der Waals surface area contributed by atoms with E-state index in [4.69, 9.17) is 24.2 Å². The smallest absolute Gasteiger partial charge is 0.484 e. The topological polar surface area (TPSA) is 86.0 Å². The summed E-state index contributed by atoms with van der Waals surface area (Å²) >= 11 is 0. The van der Waals surface area contributed by atoms with E-state index >= 15 is 0 Å². The number of hydrogen-bond donors (Lipinski definition) is 1. The lowest BCUT2D eigenvalue weighted by Gasteiger charge is -2.32. The van der Waals surface area contributed by atoms with Gasteiger partial charge in [0.1, 0.15) is 6.04 Å². The Morgan fingerprint density at radius 3 is 2.33 bits per heavy atom. The van der Waals surface area contributed by atoms with Crippen molar-refractivity contribution in [2.75, 3.05) is 14.2 Å². The Hall–Kier alpha value is -2.45. The van der Waals surface area contributed by atoms with Crippen LogP contribution in [0.25, 0.3) is 10.9 Å². The number of aryl methyl sites for hydroxylation is 1. The fraction of sp³-hybridized carbons (Fsp3) is 0.560. The van der Waals surface area contributed by atoms with Gasteiger partial charge in [-0.05, 0) is 57.1 Å². The molecule has 0 spiro atoms. The van der Waals surface area contributed by atoms with E-state index in [1.165, 1.54) is 7.11 Å². The Kier molecular flexibility index (Phi) is 7.49. The Morgan fingerprint density at radius 1 is 1.09 bits per heavy atom. The van der Waals surface area contributed by atoms with Gasteiger partial charge in [-0.2, -0.15) is 0 Å². The van der Waals surface area contributed by atoms with E-state index < -0.39 is 18.3 Å². The van der Waals surface area contributed by atoms with Crippen LogP contribution in [0.15, 0.2) is 35.5 Å². The molecule has 0 amide bonds. The number of hydrogen-bond acceptors (Lipinski definition) is 7. The van der Waals surface area contributed by atoms with Crippen LogP contribution in [0, 0.1) is 11.3 Å². The molecule has 7 nitrogen and oxygen atoms in total. The average Bonchev–Trinajstić information content (AvgIpc) is 2.99. The zero-order valence-electron chi connectivity index (χ0n) is 21.1. The Balaban J connectivity index is 1.88. The highest BCUT2D eigenvalue weighted by atomic mass is 16.7. The molecule has 0 aliphatic carbocycles. The van der Waals surface area contributed by atoms with Gasteiger partial charge in [0, 0.05) is 18.0 Å². The molecule has 0 bridgehead atoms. The van der Waals surface area contributed by atoms with Gasteiger partial charge in [-0.1, -0.05) is 32.0 Å². The molecule has 1 aromatic carbocycles. The SMILES string of the molecule is COC(=N)[C@H](N=C(CCc1ccc(B2OC(C)(C)C(C)(C)O2)c2cccnc12)OC)C(C)C. The van der Waals surface area contributed by atoms with Gasteiger partial charge in [0.25, 0.3) is 0 Å². The number of benzene rings is 1. The first-order valence-electron chi connectivity index (χ1n) is 11.5. The standard InChI is InChI=1S/C25H36BN3O4/c1-16(2)21(23(27)31-8)29-20(30-7)14-12-17-11-13-19(18-10-9-15-28-22(17)18)26-32-24(3,4)25(5,6)33-26/h9-11,13,15-16,21,27H,12,14H2,1-8H3/t21-/m1/s1. The molecule has 33 heavy (non-hydrogen) atoms. The average molecular weight is 453 g/mol. The molecular formula is C25H36BN3O4. The summed E-state index contributed by atoms with van der Waals surface area (Å²) in [7, 11) is 2.67. The molecule has 1 atom stereocenters. The van der Waals surface area contributed by atoms with Gasteiger partial charge in [0.2, 0.25) is 5.90 Å². The quantitative estimate of drug-likeness (QED) is 0.387. The Morgan fingerprint density at radius 2 is 1.76 bits per heavy atom. The molecular weight excluding hydrogens is 417 g/mol. The molecule has 3 rings (SSSR count). The number of pyridine rings is 1. The van der Waals surface area contributed by atoms with Crippen LogP contribution in [-0.2, 0) is 25.2 Å². The maximum absolute atomic E-state index is 8.04. The van der Waals surface area contributed by atoms with Crippen molar-refractivity contribution in [2.24, 2.45) is 10.9 Å². The van der Waals surface area contributed by atoms with Crippen molar-refractivity contribution in [2.45, 2.75) is 71.6 Å². The van der Waals surface area contributed by atoms with Gasteiger partial charge in [-0.25, -0.2) is 4.99 Å². The van der Waals surface area contributed by atoms with Crippen molar-refractivity contribution in [1.29, 1.82) is 5.41 Å². The second-order valence-corrected chi connectivity index (χ2v) is 9.79. The molecule has 1 fully saturated rings. The number of aliphatic imine (C=N–C) groups is 1. The number of rotatable bonds is 7. The minimum atomic E-state index is -0.446. The summed E-state index contributed by atoms with van der Waals surface area (Å²) in [4.78, 5) is 9.33. The number of ether oxygens (including phenoxy) is 2. The molecule has 0 saturated carbocycles. The minimum absolute atomic E-state index is 0.129. The lowest BCUT2D eigenvalue weighted by Crippen LogP contribution is -2.41. The third kappa shape index (κ3) is 5.22. The maximum Gasteiger partial charge on any atom is 0.495 e. The van der Waals surface area contributed by atoms with Gasteiger partial charge >= 0.3 is 7.12 Å². The zero-order valence-corrected chi connectivity index (χ0v) is 21.1. The van der Waals surface area contributed by atoms with Crippen molar-refractivity contribution in [3.63, 3.8) is 0 Å². The van der Waals surface area contributed by atoms with Gasteiger partial charge in [-0.3, -0.25) is 10.4 Å². The molecule has 1 aliphatic rings. The largest absolute Gasteiger partial charge is 0.495 e. The number of methoxy groups -OCH3 is 2. The fourth-order valence-corrected chi connectivity index (χ4v) is 3.88. The van der Waals surface area contributed by atoms with Crippen molar-refractivity contribution in [3.8, 4) is 0 Å². The van der Waals surface area contributed by atoms with Crippen LogP contribution in [0.2, 0.25) is 0 Å². The monoisotopic (exact) mass is 453 g/mol. The zero-order chi connectivity index (χ0) is 24.4. The number of aromatic nitrogens is 1. The summed E-state index contributed by atoms with van der Waals surface area (Å²) in [6.07, 6.45) is 3.10. The molecule has 1 aromatic heterocycles. The van der Waals surface area contributed by atoms with Gasteiger partial charge in [-0.15, -0.1) is 0 Å². The molecule has 2 heterocycles. The second kappa shape index (κ2) is 9.81. The third-order valence-corrected chi connectivity index (χ3v) is 6.64. The maximum atomic E-state index is 8.04. The second-order valence-electron chi connectivity index (χ2n) is 9.79. The van der Waals surface area contributed by atoms with Crippen LogP contribution in [0.3, 0.4) is 0 Å². The molecule has 178 valence electrons. The van der Waals surface area contributed by atoms with Crippen molar-refractivity contribution in [3.05, 3.63) is 36.0 Å². The minimum Gasteiger partial charge on any atom is -0.484 e. The third-order valence-electron chi connectivity index (χ3n) is 6.64. The Labute approximate surface area is 197 Å². The van der Waals surface area contributed by atoms with Crippen LogP contribution < -0.4 is 5.46 Å². The number of fused-ring (bicyclic) bond motifs is 1.